The maximum Gasteiger partial charge on any atom is 0.264 e. The van der Waals surface area contributed by atoms with Crippen LogP contribution in [0.15, 0.2) is 65.6 Å². The number of hydrogen-bond acceptors (Lipinski definition) is 4. The van der Waals surface area contributed by atoms with Gasteiger partial charge in [0.25, 0.3) is 15.9 Å². The number of amides is 1. The third-order valence-electron chi connectivity index (χ3n) is 6.12. The van der Waals surface area contributed by atoms with E-state index >= 15 is 0 Å². The van der Waals surface area contributed by atoms with Gasteiger partial charge in [0.1, 0.15) is 5.75 Å². The van der Waals surface area contributed by atoms with Crippen LogP contribution in [0.2, 0.25) is 0 Å². The fraction of sp³-hybridized carbons (Fsp3) is 0.321. The quantitative estimate of drug-likeness (QED) is 0.433. The molecule has 0 bridgehead atoms. The van der Waals surface area contributed by atoms with Gasteiger partial charge in [-0.25, -0.2) is 8.42 Å². The zero-order chi connectivity index (χ0) is 25.8. The van der Waals surface area contributed by atoms with Crippen molar-refractivity contribution in [2.24, 2.45) is 0 Å². The number of benzene rings is 3. The lowest BCUT2D eigenvalue weighted by molar-refractivity contribution is -0.123. The molecular weight excluding hydrogens is 460 g/mol. The molecule has 0 aliphatic rings. The first-order valence-corrected chi connectivity index (χ1v) is 13.2. The van der Waals surface area contributed by atoms with E-state index in [0.29, 0.717) is 11.4 Å². The van der Waals surface area contributed by atoms with E-state index in [1.54, 1.807) is 55.5 Å². The Balaban J connectivity index is 1.63. The Hall–Kier alpha value is -3.32. The Morgan fingerprint density at radius 2 is 1.51 bits per heavy atom. The molecule has 0 saturated heterocycles. The smallest absolute Gasteiger partial charge is 0.264 e. The molecule has 0 fully saturated rings. The number of rotatable bonds is 9. The van der Waals surface area contributed by atoms with Crippen molar-refractivity contribution in [1.29, 1.82) is 0 Å². The van der Waals surface area contributed by atoms with Crippen molar-refractivity contribution in [3.63, 3.8) is 0 Å². The fourth-order valence-corrected chi connectivity index (χ4v) is 5.47. The Bertz CT molecular complexity index is 1280. The molecule has 35 heavy (non-hydrogen) atoms. The third kappa shape index (κ3) is 6.22. The average Bonchev–Trinajstić information content (AvgIpc) is 2.81. The summed E-state index contributed by atoms with van der Waals surface area (Å²) in [5, 5.41) is 2.98. The van der Waals surface area contributed by atoms with Crippen LogP contribution in [0.3, 0.4) is 0 Å². The Morgan fingerprint density at radius 3 is 2.11 bits per heavy atom. The molecule has 0 aromatic heterocycles. The molecule has 3 aromatic rings. The van der Waals surface area contributed by atoms with Crippen molar-refractivity contribution in [3.05, 3.63) is 88.5 Å². The molecule has 0 aliphatic heterocycles. The van der Waals surface area contributed by atoms with Crippen molar-refractivity contribution in [1.82, 2.24) is 5.32 Å². The van der Waals surface area contributed by atoms with Gasteiger partial charge < -0.3 is 10.1 Å². The maximum atomic E-state index is 13.1. The minimum absolute atomic E-state index is 0.132. The molecule has 0 heterocycles. The molecule has 0 aliphatic carbocycles. The number of nitrogens with zero attached hydrogens (tertiary/aromatic N) is 1. The molecule has 0 spiro atoms. The normalized spacial score (nSPS) is 12.2. The zero-order valence-electron chi connectivity index (χ0n) is 21.3. The van der Waals surface area contributed by atoms with Crippen LogP contribution in [-0.2, 0) is 14.8 Å². The summed E-state index contributed by atoms with van der Waals surface area (Å²) < 4.78 is 33.2. The number of aryl methyl sites for hydroxylation is 4. The largest absolute Gasteiger partial charge is 0.484 e. The minimum Gasteiger partial charge on any atom is -0.484 e. The molecular formula is C28H34N2O4S. The van der Waals surface area contributed by atoms with E-state index in [1.807, 2.05) is 20.8 Å². The first-order valence-electron chi connectivity index (χ1n) is 11.7. The average molecular weight is 495 g/mol. The minimum atomic E-state index is -3.68. The van der Waals surface area contributed by atoms with Gasteiger partial charge in [-0.1, -0.05) is 29.8 Å². The van der Waals surface area contributed by atoms with Gasteiger partial charge in [0.05, 0.1) is 16.6 Å². The van der Waals surface area contributed by atoms with E-state index in [2.05, 4.69) is 31.3 Å². The molecule has 0 saturated carbocycles. The van der Waals surface area contributed by atoms with Crippen LogP contribution in [0.25, 0.3) is 0 Å². The molecule has 3 rings (SSSR count). The second-order valence-electron chi connectivity index (χ2n) is 8.85. The van der Waals surface area contributed by atoms with Crippen molar-refractivity contribution in [3.8, 4) is 5.75 Å². The first-order chi connectivity index (χ1) is 16.5. The van der Waals surface area contributed by atoms with Gasteiger partial charge in [0, 0.05) is 6.54 Å². The van der Waals surface area contributed by atoms with Crippen LogP contribution in [-0.4, -0.2) is 27.5 Å². The molecule has 7 heteroatoms. The molecule has 0 radical (unpaired) electrons. The molecule has 1 amide bonds. The standard InChI is InChI=1S/C28H34N2O4S/c1-7-30(35(32,33)26-14-8-19(2)9-15-26)24-10-12-25(13-11-24)34-18-28(31)29-23(6)27-17-21(4)20(3)16-22(27)5/h8-17,23H,7,18H2,1-6H3,(H,29,31). The second kappa shape index (κ2) is 11.0. The van der Waals surface area contributed by atoms with Crippen molar-refractivity contribution in [2.75, 3.05) is 17.5 Å². The summed E-state index contributed by atoms with van der Waals surface area (Å²) in [5.74, 6) is 0.263. The van der Waals surface area contributed by atoms with Gasteiger partial charge >= 0.3 is 0 Å². The van der Waals surface area contributed by atoms with E-state index in [-0.39, 0.29) is 30.0 Å². The summed E-state index contributed by atoms with van der Waals surface area (Å²) in [6.45, 7) is 12.0. The molecule has 1 unspecified atom stereocenters. The number of nitrogens with one attached hydrogen (secondary N) is 1. The summed E-state index contributed by atoms with van der Waals surface area (Å²) in [5.41, 5.74) is 6.16. The number of ether oxygens (including phenoxy) is 1. The Kier molecular flexibility index (Phi) is 8.22. The van der Waals surface area contributed by atoms with Gasteiger partial charge in [-0.15, -0.1) is 0 Å². The number of carbonyl (C=O) groups is 1. The van der Waals surface area contributed by atoms with E-state index < -0.39 is 10.0 Å². The van der Waals surface area contributed by atoms with Crippen LogP contribution in [0.1, 0.15) is 47.7 Å². The Morgan fingerprint density at radius 1 is 0.914 bits per heavy atom. The highest BCUT2D eigenvalue weighted by atomic mass is 32.2. The van der Waals surface area contributed by atoms with Crippen molar-refractivity contribution >= 4 is 21.6 Å². The zero-order valence-corrected chi connectivity index (χ0v) is 22.1. The van der Waals surface area contributed by atoms with Crippen LogP contribution in [0, 0.1) is 27.7 Å². The molecule has 6 nitrogen and oxygen atoms in total. The summed E-state index contributed by atoms with van der Waals surface area (Å²) in [6, 6.07) is 17.6. The number of anilines is 1. The van der Waals surface area contributed by atoms with E-state index in [1.165, 1.54) is 15.4 Å². The van der Waals surface area contributed by atoms with Gasteiger partial charge in [0.2, 0.25) is 0 Å². The second-order valence-corrected chi connectivity index (χ2v) is 10.7. The number of carbonyl (C=O) groups excluding carboxylic acids is 1. The lowest BCUT2D eigenvalue weighted by Gasteiger charge is -2.23. The summed E-state index contributed by atoms with van der Waals surface area (Å²) in [6.07, 6.45) is 0. The van der Waals surface area contributed by atoms with Crippen molar-refractivity contribution in [2.45, 2.75) is 52.5 Å². The topological polar surface area (TPSA) is 75.7 Å². The van der Waals surface area contributed by atoms with E-state index in [0.717, 1.165) is 16.7 Å². The molecule has 3 aromatic carbocycles. The SMILES string of the molecule is CCN(c1ccc(OCC(=O)NC(C)c2cc(C)c(C)cc2C)cc1)S(=O)(=O)c1ccc(C)cc1. The van der Waals surface area contributed by atoms with E-state index in [4.69, 9.17) is 4.74 Å². The molecule has 1 N–H and O–H groups in total. The predicted octanol–water partition coefficient (Wildman–Crippen LogP) is 5.39. The maximum absolute atomic E-state index is 13.1. The van der Waals surface area contributed by atoms with Gasteiger partial charge in [0.15, 0.2) is 6.61 Å². The summed E-state index contributed by atoms with van der Waals surface area (Å²) in [7, 11) is -3.68. The summed E-state index contributed by atoms with van der Waals surface area (Å²) >= 11 is 0. The lowest BCUT2D eigenvalue weighted by atomic mass is 9.96. The molecule has 186 valence electrons. The first kappa shape index (κ1) is 26.3. The Labute approximate surface area is 209 Å². The lowest BCUT2D eigenvalue weighted by Crippen LogP contribution is -2.31. The van der Waals surface area contributed by atoms with Crippen molar-refractivity contribution < 1.29 is 17.9 Å². The predicted molar refractivity (Wildman–Crippen MR) is 141 cm³/mol. The monoisotopic (exact) mass is 494 g/mol. The third-order valence-corrected chi connectivity index (χ3v) is 8.03. The number of sulfonamides is 1. The highest BCUT2D eigenvalue weighted by Gasteiger charge is 2.23. The highest BCUT2D eigenvalue weighted by Crippen LogP contribution is 2.26. The summed E-state index contributed by atoms with van der Waals surface area (Å²) in [4.78, 5) is 12.7. The van der Waals surface area contributed by atoms with Crippen LogP contribution >= 0.6 is 0 Å². The highest BCUT2D eigenvalue weighted by molar-refractivity contribution is 7.92. The van der Waals surface area contributed by atoms with Crippen LogP contribution < -0.4 is 14.4 Å². The van der Waals surface area contributed by atoms with Gasteiger partial charge in [-0.2, -0.15) is 0 Å². The number of hydrogen-bond donors (Lipinski definition) is 1. The van der Waals surface area contributed by atoms with Gasteiger partial charge in [-0.05, 0) is 100 Å². The van der Waals surface area contributed by atoms with Crippen LogP contribution in [0.5, 0.6) is 5.75 Å². The van der Waals surface area contributed by atoms with Gasteiger partial charge in [-0.3, -0.25) is 9.10 Å². The van der Waals surface area contributed by atoms with E-state index in [9.17, 15) is 13.2 Å². The molecule has 1 atom stereocenters. The fourth-order valence-electron chi connectivity index (χ4n) is 4.00. The van der Waals surface area contributed by atoms with Crippen LogP contribution in [0.4, 0.5) is 5.69 Å².